The summed E-state index contributed by atoms with van der Waals surface area (Å²) >= 11 is 0. The standard InChI is InChI=1S/C16H20N2O6/c1-9(8-17)24-16(20)10(2)18-15(19)11-6-12(21-3)14(23-5)13(7-11)22-4/h6-7,9-10H,1-5H3,(H,18,19)/t9-,10+/m1/s1. The lowest BCUT2D eigenvalue weighted by atomic mass is 10.1. The quantitative estimate of drug-likeness (QED) is 0.748. The van der Waals surface area contributed by atoms with Crippen LogP contribution in [0.2, 0.25) is 0 Å². The molecule has 0 radical (unpaired) electrons. The number of hydrogen-bond acceptors (Lipinski definition) is 7. The molecule has 0 aromatic heterocycles. The molecule has 1 N–H and O–H groups in total. The number of ether oxygens (including phenoxy) is 4. The van der Waals surface area contributed by atoms with Gasteiger partial charge in [0.25, 0.3) is 5.91 Å². The van der Waals surface area contributed by atoms with Crippen molar-refractivity contribution in [3.05, 3.63) is 17.7 Å². The lowest BCUT2D eigenvalue weighted by Gasteiger charge is -2.16. The molecule has 1 rings (SSSR count). The second kappa shape index (κ2) is 8.62. The maximum Gasteiger partial charge on any atom is 0.329 e. The highest BCUT2D eigenvalue weighted by Crippen LogP contribution is 2.38. The first-order chi connectivity index (χ1) is 11.4. The summed E-state index contributed by atoms with van der Waals surface area (Å²) in [4.78, 5) is 24.1. The molecule has 24 heavy (non-hydrogen) atoms. The topological polar surface area (TPSA) is 107 Å². The zero-order chi connectivity index (χ0) is 18.3. The molecule has 0 bridgehead atoms. The fourth-order valence-corrected chi connectivity index (χ4v) is 1.85. The van der Waals surface area contributed by atoms with Crippen molar-refractivity contribution in [3.63, 3.8) is 0 Å². The van der Waals surface area contributed by atoms with E-state index >= 15 is 0 Å². The number of carbonyl (C=O) groups is 2. The number of amides is 1. The van der Waals surface area contributed by atoms with Crippen LogP contribution in [0.1, 0.15) is 24.2 Å². The molecule has 0 unspecified atom stereocenters. The predicted molar refractivity (Wildman–Crippen MR) is 84.2 cm³/mol. The van der Waals surface area contributed by atoms with Gasteiger partial charge in [0.2, 0.25) is 5.75 Å². The Kier molecular flexibility index (Phi) is 6.86. The molecular formula is C16H20N2O6. The molecule has 2 atom stereocenters. The van der Waals surface area contributed by atoms with Crippen LogP contribution in [0.25, 0.3) is 0 Å². The molecule has 0 spiro atoms. The van der Waals surface area contributed by atoms with Gasteiger partial charge in [0.05, 0.1) is 21.3 Å². The van der Waals surface area contributed by atoms with E-state index in [9.17, 15) is 9.59 Å². The van der Waals surface area contributed by atoms with Crippen molar-refractivity contribution >= 4 is 11.9 Å². The summed E-state index contributed by atoms with van der Waals surface area (Å²) in [6.45, 7) is 2.90. The number of esters is 1. The molecule has 130 valence electrons. The third-order valence-corrected chi connectivity index (χ3v) is 3.10. The first kappa shape index (κ1) is 19.1. The van der Waals surface area contributed by atoms with E-state index in [0.717, 1.165) is 0 Å². The summed E-state index contributed by atoms with van der Waals surface area (Å²) in [6.07, 6.45) is -0.891. The molecule has 1 aromatic rings. The zero-order valence-electron chi connectivity index (χ0n) is 14.2. The Bertz CT molecular complexity index is 627. The monoisotopic (exact) mass is 336 g/mol. The van der Waals surface area contributed by atoms with E-state index in [1.807, 2.05) is 0 Å². The Hall–Kier alpha value is -2.95. The number of nitrogens with zero attached hydrogens (tertiary/aromatic N) is 1. The normalized spacial score (nSPS) is 12.3. The first-order valence-corrected chi connectivity index (χ1v) is 7.08. The highest BCUT2D eigenvalue weighted by molar-refractivity contribution is 5.97. The number of nitriles is 1. The molecule has 1 amide bonds. The van der Waals surface area contributed by atoms with Gasteiger partial charge in [0.1, 0.15) is 12.1 Å². The number of methoxy groups -OCH3 is 3. The van der Waals surface area contributed by atoms with E-state index in [4.69, 9.17) is 24.2 Å². The van der Waals surface area contributed by atoms with Gasteiger partial charge in [0, 0.05) is 5.56 Å². The zero-order valence-corrected chi connectivity index (χ0v) is 14.2. The van der Waals surface area contributed by atoms with Gasteiger partial charge in [-0.05, 0) is 26.0 Å². The molecule has 0 heterocycles. The smallest absolute Gasteiger partial charge is 0.329 e. The molecule has 0 aliphatic carbocycles. The van der Waals surface area contributed by atoms with Gasteiger partial charge < -0.3 is 24.3 Å². The summed E-state index contributed by atoms with van der Waals surface area (Å²) in [5.41, 5.74) is 0.220. The Labute approximate surface area is 140 Å². The lowest BCUT2D eigenvalue weighted by Crippen LogP contribution is -2.40. The van der Waals surface area contributed by atoms with Crippen LogP contribution in [0.15, 0.2) is 12.1 Å². The van der Waals surface area contributed by atoms with Crippen LogP contribution in [0.4, 0.5) is 0 Å². The van der Waals surface area contributed by atoms with Crippen molar-refractivity contribution in [2.24, 2.45) is 0 Å². The van der Waals surface area contributed by atoms with Crippen LogP contribution in [-0.2, 0) is 9.53 Å². The summed E-state index contributed by atoms with van der Waals surface area (Å²) in [5.74, 6) is -0.245. The molecule has 0 saturated carbocycles. The molecule has 0 aliphatic heterocycles. The fourth-order valence-electron chi connectivity index (χ4n) is 1.85. The van der Waals surface area contributed by atoms with Crippen molar-refractivity contribution < 1.29 is 28.5 Å². The van der Waals surface area contributed by atoms with Crippen molar-refractivity contribution in [3.8, 4) is 23.3 Å². The predicted octanol–water partition coefficient (Wildman–Crippen LogP) is 1.29. The number of hydrogen-bond donors (Lipinski definition) is 1. The fraction of sp³-hybridized carbons (Fsp3) is 0.438. The van der Waals surface area contributed by atoms with Gasteiger partial charge in [-0.3, -0.25) is 4.79 Å². The van der Waals surface area contributed by atoms with Crippen LogP contribution in [0.3, 0.4) is 0 Å². The molecule has 8 nitrogen and oxygen atoms in total. The summed E-state index contributed by atoms with van der Waals surface area (Å²) in [7, 11) is 4.32. The third-order valence-electron chi connectivity index (χ3n) is 3.10. The number of benzene rings is 1. The molecular weight excluding hydrogens is 316 g/mol. The van der Waals surface area contributed by atoms with E-state index < -0.39 is 24.0 Å². The van der Waals surface area contributed by atoms with E-state index in [1.165, 1.54) is 47.3 Å². The molecule has 0 aliphatic rings. The molecule has 1 aromatic carbocycles. The minimum atomic E-state index is -0.924. The van der Waals surface area contributed by atoms with Gasteiger partial charge in [-0.1, -0.05) is 0 Å². The van der Waals surface area contributed by atoms with Crippen molar-refractivity contribution in [2.75, 3.05) is 21.3 Å². The van der Waals surface area contributed by atoms with Gasteiger partial charge in [-0.25, -0.2) is 4.79 Å². The number of rotatable bonds is 7. The first-order valence-electron chi connectivity index (χ1n) is 7.08. The van der Waals surface area contributed by atoms with Gasteiger partial charge >= 0.3 is 5.97 Å². The second-order valence-corrected chi connectivity index (χ2v) is 4.82. The summed E-state index contributed by atoms with van der Waals surface area (Å²) in [5, 5.41) is 11.1. The summed E-state index contributed by atoms with van der Waals surface area (Å²) in [6, 6.07) is 3.78. The Morgan fingerprint density at radius 2 is 1.62 bits per heavy atom. The van der Waals surface area contributed by atoms with Crippen molar-refractivity contribution in [1.82, 2.24) is 5.32 Å². The van der Waals surface area contributed by atoms with Crippen LogP contribution in [-0.4, -0.2) is 45.4 Å². The number of carbonyl (C=O) groups excluding carboxylic acids is 2. The van der Waals surface area contributed by atoms with Gasteiger partial charge in [0.15, 0.2) is 17.6 Å². The largest absolute Gasteiger partial charge is 0.493 e. The molecule has 0 saturated heterocycles. The van der Waals surface area contributed by atoms with E-state index in [1.54, 1.807) is 6.07 Å². The van der Waals surface area contributed by atoms with E-state index in [0.29, 0.717) is 17.2 Å². The number of nitrogens with one attached hydrogen (secondary N) is 1. The average molecular weight is 336 g/mol. The Morgan fingerprint density at radius 1 is 1.08 bits per heavy atom. The minimum absolute atomic E-state index is 0.220. The maximum atomic E-state index is 12.3. The maximum absolute atomic E-state index is 12.3. The molecule has 8 heteroatoms. The van der Waals surface area contributed by atoms with Gasteiger partial charge in [-0.15, -0.1) is 0 Å². The highest BCUT2D eigenvalue weighted by Gasteiger charge is 2.22. The third kappa shape index (κ3) is 4.52. The summed E-state index contributed by atoms with van der Waals surface area (Å²) < 4.78 is 20.4. The highest BCUT2D eigenvalue weighted by atomic mass is 16.5. The van der Waals surface area contributed by atoms with Crippen LogP contribution in [0.5, 0.6) is 17.2 Å². The van der Waals surface area contributed by atoms with E-state index in [-0.39, 0.29) is 5.56 Å². The van der Waals surface area contributed by atoms with Crippen molar-refractivity contribution in [1.29, 1.82) is 5.26 Å². The second-order valence-electron chi connectivity index (χ2n) is 4.82. The Balaban J connectivity index is 2.95. The van der Waals surface area contributed by atoms with Crippen molar-refractivity contribution in [2.45, 2.75) is 26.0 Å². The van der Waals surface area contributed by atoms with Gasteiger partial charge in [-0.2, -0.15) is 5.26 Å². The van der Waals surface area contributed by atoms with Crippen LogP contribution >= 0.6 is 0 Å². The molecule has 0 fully saturated rings. The lowest BCUT2D eigenvalue weighted by molar-refractivity contribution is -0.147. The minimum Gasteiger partial charge on any atom is -0.493 e. The SMILES string of the molecule is COc1cc(C(=O)N[C@@H](C)C(=O)O[C@H](C)C#N)cc(OC)c1OC. The van der Waals surface area contributed by atoms with E-state index in [2.05, 4.69) is 5.32 Å². The van der Waals surface area contributed by atoms with Crippen LogP contribution in [0, 0.1) is 11.3 Å². The average Bonchev–Trinajstić information content (AvgIpc) is 2.59. The Morgan fingerprint density at radius 3 is 2.04 bits per heavy atom. The van der Waals surface area contributed by atoms with Crippen LogP contribution < -0.4 is 19.5 Å².